The van der Waals surface area contributed by atoms with Crippen molar-refractivity contribution in [2.24, 2.45) is 0 Å². The largest absolute Gasteiger partial charge is 0.354 e. The number of amides is 2. The molecule has 2 N–H and O–H groups in total. The van der Waals surface area contributed by atoms with E-state index in [1.807, 2.05) is 0 Å². The third-order valence-electron chi connectivity index (χ3n) is 5.47. The van der Waals surface area contributed by atoms with Gasteiger partial charge in [0.2, 0.25) is 0 Å². The number of urea groups is 1. The molecule has 0 spiro atoms. The van der Waals surface area contributed by atoms with E-state index in [1.165, 1.54) is 6.07 Å². The summed E-state index contributed by atoms with van der Waals surface area (Å²) in [5.41, 5.74) is -0.203. The number of hydrogen-bond acceptors (Lipinski definition) is 4. The van der Waals surface area contributed by atoms with Gasteiger partial charge in [-0.2, -0.15) is 4.98 Å². The summed E-state index contributed by atoms with van der Waals surface area (Å²) in [7, 11) is 0. The zero-order chi connectivity index (χ0) is 21.3. The summed E-state index contributed by atoms with van der Waals surface area (Å²) in [5.74, 6) is -0.875. The maximum Gasteiger partial charge on any atom is 0.346 e. The van der Waals surface area contributed by atoms with Crippen LogP contribution in [0.2, 0.25) is 0 Å². The lowest BCUT2D eigenvalue weighted by molar-refractivity contribution is 0.160. The van der Waals surface area contributed by atoms with Crippen molar-refractivity contribution in [3.8, 4) is 0 Å². The molecule has 0 radical (unpaired) electrons. The Morgan fingerprint density at radius 3 is 2.80 bits per heavy atom. The van der Waals surface area contributed by atoms with E-state index in [4.69, 9.17) is 0 Å². The average molecular weight is 482 g/mol. The summed E-state index contributed by atoms with van der Waals surface area (Å²) in [5, 5.41) is 2.82. The third kappa shape index (κ3) is 4.63. The molecule has 2 fully saturated rings. The molecular formula is C20H22BrF2N5O2. The third-order valence-corrected chi connectivity index (χ3v) is 5.97. The monoisotopic (exact) mass is 481 g/mol. The molecule has 1 saturated carbocycles. The Kier molecular flexibility index (Phi) is 6.03. The SMILES string of the molecule is O=C(NCc1ccc(Br)cc1F)N(C1CC1)C1CCCN(c2[nH]c(=O)ncc2F)C1. The number of nitrogens with zero attached hydrogens (tertiary/aromatic N) is 3. The molecule has 2 aromatic rings. The fraction of sp³-hybridized carbons (Fsp3) is 0.450. The van der Waals surface area contributed by atoms with Crippen molar-refractivity contribution in [3.63, 3.8) is 0 Å². The molecule has 7 nitrogen and oxygen atoms in total. The molecule has 10 heteroatoms. The molecule has 1 aliphatic carbocycles. The Morgan fingerprint density at radius 2 is 2.07 bits per heavy atom. The molecule has 1 unspecified atom stereocenters. The van der Waals surface area contributed by atoms with Crippen molar-refractivity contribution in [1.82, 2.24) is 20.2 Å². The number of anilines is 1. The number of hydrogen-bond donors (Lipinski definition) is 2. The molecule has 1 atom stereocenters. The van der Waals surface area contributed by atoms with Crippen molar-refractivity contribution in [2.75, 3.05) is 18.0 Å². The van der Waals surface area contributed by atoms with Crippen LogP contribution in [-0.2, 0) is 6.54 Å². The number of benzene rings is 1. The summed E-state index contributed by atoms with van der Waals surface area (Å²) >= 11 is 3.22. The van der Waals surface area contributed by atoms with Gasteiger partial charge in [-0.05, 0) is 37.8 Å². The van der Waals surface area contributed by atoms with E-state index in [1.54, 1.807) is 21.9 Å². The molecule has 0 bridgehead atoms. The smallest absolute Gasteiger partial charge is 0.346 e. The van der Waals surface area contributed by atoms with Gasteiger partial charge in [-0.3, -0.25) is 4.98 Å². The van der Waals surface area contributed by atoms with E-state index in [2.05, 4.69) is 31.2 Å². The zero-order valence-electron chi connectivity index (χ0n) is 16.2. The van der Waals surface area contributed by atoms with Crippen LogP contribution in [0, 0.1) is 11.6 Å². The first-order chi connectivity index (χ1) is 14.4. The van der Waals surface area contributed by atoms with Crippen LogP contribution < -0.4 is 15.9 Å². The van der Waals surface area contributed by atoms with Gasteiger partial charge in [0.15, 0.2) is 5.82 Å². The van der Waals surface area contributed by atoms with Crippen LogP contribution in [0.4, 0.5) is 19.4 Å². The van der Waals surface area contributed by atoms with E-state index in [9.17, 15) is 18.4 Å². The van der Waals surface area contributed by atoms with Crippen molar-refractivity contribution in [2.45, 2.75) is 44.3 Å². The molecule has 1 aromatic carbocycles. The Morgan fingerprint density at radius 1 is 1.27 bits per heavy atom. The van der Waals surface area contributed by atoms with Crippen LogP contribution in [0.3, 0.4) is 0 Å². The first-order valence-corrected chi connectivity index (χ1v) is 10.7. The summed E-state index contributed by atoms with van der Waals surface area (Å²) in [6.45, 7) is 1.08. The second-order valence-electron chi connectivity index (χ2n) is 7.66. The molecule has 2 amide bonds. The van der Waals surface area contributed by atoms with Gasteiger partial charge in [0.1, 0.15) is 11.6 Å². The van der Waals surface area contributed by atoms with Gasteiger partial charge < -0.3 is 15.1 Å². The van der Waals surface area contributed by atoms with Gasteiger partial charge in [-0.25, -0.2) is 18.4 Å². The zero-order valence-corrected chi connectivity index (χ0v) is 17.8. The van der Waals surface area contributed by atoms with Gasteiger partial charge in [0.05, 0.1) is 12.2 Å². The highest BCUT2D eigenvalue weighted by molar-refractivity contribution is 9.10. The van der Waals surface area contributed by atoms with Gasteiger partial charge in [-0.15, -0.1) is 0 Å². The summed E-state index contributed by atoms with van der Waals surface area (Å²) in [6.07, 6.45) is 4.28. The van der Waals surface area contributed by atoms with Gasteiger partial charge >= 0.3 is 11.7 Å². The van der Waals surface area contributed by atoms with Crippen molar-refractivity contribution in [3.05, 3.63) is 56.6 Å². The Balaban J connectivity index is 1.46. The predicted molar refractivity (Wildman–Crippen MR) is 111 cm³/mol. The molecule has 1 aliphatic heterocycles. The van der Waals surface area contributed by atoms with Crippen LogP contribution >= 0.6 is 15.9 Å². The molecule has 160 valence electrons. The van der Waals surface area contributed by atoms with Crippen molar-refractivity contribution >= 4 is 27.8 Å². The Labute approximate surface area is 180 Å². The molecule has 2 heterocycles. The molecule has 1 aromatic heterocycles. The number of piperidine rings is 1. The Hall–Kier alpha value is -2.49. The maximum atomic E-state index is 14.2. The Bertz CT molecular complexity index is 997. The number of carbonyl (C=O) groups is 1. The minimum atomic E-state index is -0.609. The maximum absolute atomic E-state index is 14.2. The second-order valence-corrected chi connectivity index (χ2v) is 8.58. The predicted octanol–water partition coefficient (Wildman–Crippen LogP) is 3.15. The van der Waals surface area contributed by atoms with Gasteiger partial charge in [0, 0.05) is 35.7 Å². The van der Waals surface area contributed by atoms with Crippen LogP contribution in [0.5, 0.6) is 0 Å². The van der Waals surface area contributed by atoms with E-state index in [0.29, 0.717) is 23.1 Å². The molecule has 30 heavy (non-hydrogen) atoms. The number of nitrogens with one attached hydrogen (secondary N) is 2. The summed E-state index contributed by atoms with van der Waals surface area (Å²) in [4.78, 5) is 33.9. The number of rotatable bonds is 5. The van der Waals surface area contributed by atoms with Gasteiger partial charge in [0.25, 0.3) is 0 Å². The van der Waals surface area contributed by atoms with E-state index in [0.717, 1.165) is 31.9 Å². The van der Waals surface area contributed by atoms with Crippen molar-refractivity contribution < 1.29 is 13.6 Å². The molecule has 1 saturated heterocycles. The topological polar surface area (TPSA) is 81.3 Å². The molecular weight excluding hydrogens is 460 g/mol. The van der Waals surface area contributed by atoms with Gasteiger partial charge in [-0.1, -0.05) is 22.0 Å². The van der Waals surface area contributed by atoms with E-state index < -0.39 is 11.5 Å². The van der Waals surface area contributed by atoms with Crippen LogP contribution in [0.1, 0.15) is 31.2 Å². The van der Waals surface area contributed by atoms with Crippen LogP contribution in [0.25, 0.3) is 0 Å². The first-order valence-electron chi connectivity index (χ1n) is 9.92. The first kappa shape index (κ1) is 20.8. The number of aromatic nitrogens is 2. The highest BCUT2D eigenvalue weighted by Crippen LogP contribution is 2.32. The normalized spacial score (nSPS) is 18.9. The molecule has 2 aliphatic rings. The number of H-pyrrole nitrogens is 1. The van der Waals surface area contributed by atoms with Crippen molar-refractivity contribution in [1.29, 1.82) is 0 Å². The lowest BCUT2D eigenvalue weighted by Gasteiger charge is -2.40. The number of halogens is 3. The number of aromatic amines is 1. The molecule has 4 rings (SSSR count). The van der Waals surface area contributed by atoms with Crippen LogP contribution in [-0.4, -0.2) is 46.1 Å². The standard InChI is InChI=1S/C20H22BrF2N5O2/c21-13-4-3-12(16(22)8-13)9-25-20(30)28(14-5-6-14)15-2-1-7-27(11-15)18-17(23)10-24-19(29)26-18/h3-4,8,10,14-15H,1-2,5-7,9,11H2,(H,25,30)(H,24,26,29). The highest BCUT2D eigenvalue weighted by atomic mass is 79.9. The quantitative estimate of drug-likeness (QED) is 0.687. The minimum Gasteiger partial charge on any atom is -0.354 e. The fourth-order valence-electron chi connectivity index (χ4n) is 3.89. The van der Waals surface area contributed by atoms with E-state index >= 15 is 0 Å². The summed E-state index contributed by atoms with van der Waals surface area (Å²) in [6, 6.07) is 4.47. The highest BCUT2D eigenvalue weighted by Gasteiger charge is 2.39. The fourth-order valence-corrected chi connectivity index (χ4v) is 4.23. The second kappa shape index (κ2) is 8.71. The average Bonchev–Trinajstić information content (AvgIpc) is 3.54. The lowest BCUT2D eigenvalue weighted by Crippen LogP contribution is -2.54. The minimum absolute atomic E-state index is 0.0872. The van der Waals surface area contributed by atoms with Crippen LogP contribution in [0.15, 0.2) is 33.7 Å². The van der Waals surface area contributed by atoms with E-state index in [-0.39, 0.29) is 36.3 Å². The number of carbonyl (C=O) groups excluding carboxylic acids is 1. The lowest BCUT2D eigenvalue weighted by atomic mass is 10.0. The summed E-state index contributed by atoms with van der Waals surface area (Å²) < 4.78 is 28.9.